The van der Waals surface area contributed by atoms with Gasteiger partial charge in [0.2, 0.25) is 0 Å². The molecule has 13 nitrogen and oxygen atoms in total. The standard InChI is InChI=1S/C27H32N2O11/c1-12(24(34)35)28-23(33)13(2)38-19(32)11-16(31)25(36)39-17-6-7-27(37)18-10-14-4-5-15(30)21-20(14)26(27,22(17)40-21)8-9-29(18)3/h4-6,12-13,16,18,22,30-31,37H,7-11H2,1-3H3,(H,28,33)(H,34,35)/t12?,13?,16?,18-,22+,26+,27-/m1/s1. The number of hydrogen-bond acceptors (Lipinski definition) is 11. The zero-order valence-electron chi connectivity index (χ0n) is 22.2. The van der Waals surface area contributed by atoms with Gasteiger partial charge in [0.05, 0.1) is 17.4 Å². The molecule has 0 aromatic heterocycles. The van der Waals surface area contributed by atoms with Crippen LogP contribution in [-0.2, 0) is 40.5 Å². The Hall–Kier alpha value is -3.68. The first-order chi connectivity index (χ1) is 18.8. The minimum absolute atomic E-state index is 0.0595. The number of carbonyl (C=O) groups excluding carboxylic acids is 3. The molecule has 216 valence electrons. The van der Waals surface area contributed by atoms with Crippen molar-refractivity contribution in [1.29, 1.82) is 0 Å². The number of piperidine rings is 1. The maximum atomic E-state index is 12.8. The number of benzene rings is 1. The molecule has 1 amide bonds. The third kappa shape index (κ3) is 4.11. The monoisotopic (exact) mass is 560 g/mol. The lowest BCUT2D eigenvalue weighted by atomic mass is 9.50. The smallest absolute Gasteiger partial charge is 0.340 e. The average molecular weight is 561 g/mol. The van der Waals surface area contributed by atoms with Crippen LogP contribution in [0.25, 0.3) is 0 Å². The van der Waals surface area contributed by atoms with Gasteiger partial charge in [-0.2, -0.15) is 0 Å². The van der Waals surface area contributed by atoms with Crippen LogP contribution in [0.5, 0.6) is 11.5 Å². The maximum absolute atomic E-state index is 12.8. The van der Waals surface area contributed by atoms with E-state index in [1.807, 2.05) is 13.1 Å². The second-order valence-electron chi connectivity index (χ2n) is 10.9. The number of amides is 1. The van der Waals surface area contributed by atoms with Crippen LogP contribution in [0.1, 0.15) is 44.2 Å². The SMILES string of the molecule is CC(NC(=O)C(C)OC(=O)CC(O)C(=O)OC1=CC[C@@]2(O)[C@H]3Cc4ccc(O)c5c4[C@@]2(CCN3C)[C@H]1O5)C(=O)O. The van der Waals surface area contributed by atoms with Crippen molar-refractivity contribution in [3.8, 4) is 11.5 Å². The average Bonchev–Trinajstić information content (AvgIpc) is 3.25. The number of aliphatic hydroxyl groups is 2. The summed E-state index contributed by atoms with van der Waals surface area (Å²) in [6, 6.07) is 1.91. The van der Waals surface area contributed by atoms with E-state index >= 15 is 0 Å². The summed E-state index contributed by atoms with van der Waals surface area (Å²) in [5, 5.41) is 44.1. The first kappa shape index (κ1) is 27.9. The van der Waals surface area contributed by atoms with Gasteiger partial charge in [0.25, 0.3) is 5.91 Å². The van der Waals surface area contributed by atoms with Crippen molar-refractivity contribution in [3.63, 3.8) is 0 Å². The van der Waals surface area contributed by atoms with Gasteiger partial charge in [0, 0.05) is 18.0 Å². The molecule has 13 heteroatoms. The van der Waals surface area contributed by atoms with Crippen LogP contribution in [-0.4, -0.2) is 98.7 Å². The Morgan fingerprint density at radius 1 is 1.25 bits per heavy atom. The van der Waals surface area contributed by atoms with Crippen LogP contribution in [0.15, 0.2) is 24.0 Å². The Bertz CT molecular complexity index is 1310. The van der Waals surface area contributed by atoms with E-state index in [4.69, 9.17) is 19.3 Å². The molecule has 5 N–H and O–H groups in total. The molecular formula is C27H32N2O11. The normalized spacial score (nSPS) is 30.1. The molecule has 1 fully saturated rings. The van der Waals surface area contributed by atoms with E-state index in [0.29, 0.717) is 24.9 Å². The molecule has 2 aliphatic heterocycles. The number of ether oxygens (including phenoxy) is 3. The number of likely N-dealkylation sites (N-methyl/N-ethyl adjacent to an activating group) is 1. The Balaban J connectivity index is 1.30. The fourth-order valence-electron chi connectivity index (χ4n) is 6.55. The number of likely N-dealkylation sites (tertiary alicyclic amines) is 1. The van der Waals surface area contributed by atoms with Gasteiger partial charge in [0.15, 0.2) is 29.8 Å². The van der Waals surface area contributed by atoms with Crippen LogP contribution in [0.4, 0.5) is 0 Å². The summed E-state index contributed by atoms with van der Waals surface area (Å²) < 4.78 is 16.6. The molecule has 1 aromatic carbocycles. The highest BCUT2D eigenvalue weighted by atomic mass is 16.6. The Morgan fingerprint density at radius 3 is 2.67 bits per heavy atom. The molecule has 3 unspecified atom stereocenters. The molecular weight excluding hydrogens is 528 g/mol. The lowest BCUT2D eigenvalue weighted by molar-refractivity contribution is -0.173. The highest BCUT2D eigenvalue weighted by Gasteiger charge is 2.72. The van der Waals surface area contributed by atoms with Gasteiger partial charge in [-0.3, -0.25) is 14.4 Å². The van der Waals surface area contributed by atoms with Gasteiger partial charge in [-0.05, 0) is 58.0 Å². The quantitative estimate of drug-likeness (QED) is 0.256. The van der Waals surface area contributed by atoms with Crippen molar-refractivity contribution in [3.05, 3.63) is 35.1 Å². The Kier molecular flexibility index (Phi) is 6.79. The van der Waals surface area contributed by atoms with Crippen molar-refractivity contribution in [2.45, 2.75) is 80.9 Å². The fraction of sp³-hybridized carbons (Fsp3) is 0.556. The van der Waals surface area contributed by atoms with Crippen LogP contribution in [0.2, 0.25) is 0 Å². The summed E-state index contributed by atoms with van der Waals surface area (Å²) >= 11 is 0. The molecule has 1 saturated heterocycles. The zero-order chi connectivity index (χ0) is 29.1. The van der Waals surface area contributed by atoms with Crippen molar-refractivity contribution in [2.75, 3.05) is 13.6 Å². The number of aliphatic carboxylic acids is 1. The summed E-state index contributed by atoms with van der Waals surface area (Å²) in [4.78, 5) is 50.1. The number of phenols is 1. The number of rotatable bonds is 8. The summed E-state index contributed by atoms with van der Waals surface area (Å²) in [7, 11) is 1.94. The summed E-state index contributed by atoms with van der Waals surface area (Å²) in [5.41, 5.74) is -0.609. The van der Waals surface area contributed by atoms with E-state index < -0.39 is 65.6 Å². The van der Waals surface area contributed by atoms with E-state index in [0.717, 1.165) is 5.56 Å². The maximum Gasteiger partial charge on any atom is 0.340 e. The van der Waals surface area contributed by atoms with E-state index in [9.17, 15) is 34.5 Å². The van der Waals surface area contributed by atoms with Crippen LogP contribution >= 0.6 is 0 Å². The van der Waals surface area contributed by atoms with Crippen molar-refractivity contribution < 1.29 is 53.8 Å². The number of nitrogens with zero attached hydrogens (tertiary/aromatic N) is 1. The Labute approximate surface area is 229 Å². The van der Waals surface area contributed by atoms with Crippen LogP contribution < -0.4 is 10.1 Å². The van der Waals surface area contributed by atoms with Crippen LogP contribution in [0, 0.1) is 0 Å². The molecule has 1 spiro atoms. The van der Waals surface area contributed by atoms with Gasteiger partial charge in [0.1, 0.15) is 11.8 Å². The molecule has 0 saturated carbocycles. The van der Waals surface area contributed by atoms with Crippen molar-refractivity contribution >= 4 is 23.8 Å². The lowest BCUT2D eigenvalue weighted by Gasteiger charge is -2.61. The minimum atomic E-state index is -1.94. The van der Waals surface area contributed by atoms with Gasteiger partial charge < -0.3 is 44.9 Å². The third-order valence-corrected chi connectivity index (χ3v) is 8.61. The number of nitrogens with one attached hydrogen (secondary N) is 1. The molecule has 1 aromatic rings. The number of phenolic OH excluding ortho intramolecular Hbond substituents is 1. The highest BCUT2D eigenvalue weighted by molar-refractivity contribution is 5.88. The molecule has 2 heterocycles. The van der Waals surface area contributed by atoms with Crippen molar-refractivity contribution in [2.24, 2.45) is 0 Å². The first-order valence-electron chi connectivity index (χ1n) is 13.1. The second kappa shape index (κ2) is 9.75. The summed E-state index contributed by atoms with van der Waals surface area (Å²) in [6.07, 6.45) is -2.38. The number of aliphatic hydroxyl groups excluding tert-OH is 1. The predicted octanol–water partition coefficient (Wildman–Crippen LogP) is -0.515. The van der Waals surface area contributed by atoms with Crippen LogP contribution in [0.3, 0.4) is 0 Å². The van der Waals surface area contributed by atoms with Crippen molar-refractivity contribution in [1.82, 2.24) is 10.2 Å². The largest absolute Gasteiger partial charge is 0.504 e. The highest BCUT2D eigenvalue weighted by Crippen LogP contribution is 2.65. The van der Waals surface area contributed by atoms with E-state index in [1.165, 1.54) is 19.9 Å². The fourth-order valence-corrected chi connectivity index (χ4v) is 6.55. The number of esters is 2. The van der Waals surface area contributed by atoms with Gasteiger partial charge in [-0.15, -0.1) is 0 Å². The molecule has 2 bridgehead atoms. The lowest BCUT2D eigenvalue weighted by Crippen LogP contribution is -2.74. The summed E-state index contributed by atoms with van der Waals surface area (Å²) in [5.74, 6) is -4.16. The van der Waals surface area contributed by atoms with Gasteiger partial charge in [-0.1, -0.05) is 6.07 Å². The summed E-state index contributed by atoms with van der Waals surface area (Å²) in [6.45, 7) is 3.09. The number of hydrogen-bond donors (Lipinski definition) is 5. The van der Waals surface area contributed by atoms with E-state index in [1.54, 1.807) is 6.08 Å². The van der Waals surface area contributed by atoms with E-state index in [2.05, 4.69) is 10.2 Å². The molecule has 40 heavy (non-hydrogen) atoms. The molecule has 7 atom stereocenters. The number of carboxylic acid groups (broad SMARTS) is 1. The second-order valence-corrected chi connectivity index (χ2v) is 10.9. The molecule has 0 radical (unpaired) electrons. The molecule has 4 aliphatic rings. The van der Waals surface area contributed by atoms with Gasteiger partial charge in [-0.25, -0.2) is 4.79 Å². The first-order valence-corrected chi connectivity index (χ1v) is 13.1. The number of carboxylic acids is 1. The van der Waals surface area contributed by atoms with E-state index in [-0.39, 0.29) is 29.7 Å². The minimum Gasteiger partial charge on any atom is -0.504 e. The predicted molar refractivity (Wildman–Crippen MR) is 134 cm³/mol. The third-order valence-electron chi connectivity index (χ3n) is 8.61. The van der Waals surface area contributed by atoms with Gasteiger partial charge >= 0.3 is 17.9 Å². The zero-order valence-corrected chi connectivity index (χ0v) is 22.2. The topological polar surface area (TPSA) is 192 Å². The molecule has 5 rings (SSSR count). The number of aromatic hydroxyl groups is 1. The molecule has 2 aliphatic carbocycles. The number of carbonyl (C=O) groups is 4. The Morgan fingerprint density at radius 2 is 1.98 bits per heavy atom.